The minimum atomic E-state index is -0.701. The van der Waals surface area contributed by atoms with Crippen LogP contribution in [-0.4, -0.2) is 14.1 Å². The fraction of sp³-hybridized carbons (Fsp3) is 0.267. The molecule has 0 amide bonds. The molecule has 8 nitrogen and oxygen atoms in total. The smallest absolute Gasteiger partial charge is 0.299 e. The number of hydrogen-bond acceptors (Lipinski definition) is 5. The third-order valence-corrected chi connectivity index (χ3v) is 3.64. The van der Waals surface area contributed by atoms with E-state index in [2.05, 4.69) is 0 Å². The van der Waals surface area contributed by atoms with Crippen LogP contribution in [0.2, 0.25) is 0 Å². The second kappa shape index (κ2) is 6.27. The van der Waals surface area contributed by atoms with Gasteiger partial charge >= 0.3 is 5.69 Å². The fourth-order valence-corrected chi connectivity index (χ4v) is 2.31. The average molecular weight is 314 g/mol. The van der Waals surface area contributed by atoms with E-state index in [1.54, 1.807) is 26.0 Å². The summed E-state index contributed by atoms with van der Waals surface area (Å²) in [5.74, 6) is 0. The number of aryl methyl sites for hydroxylation is 1. The van der Waals surface area contributed by atoms with Crippen LogP contribution < -0.4 is 11.2 Å². The van der Waals surface area contributed by atoms with E-state index in [0.717, 1.165) is 4.57 Å². The van der Waals surface area contributed by atoms with E-state index < -0.39 is 16.2 Å². The summed E-state index contributed by atoms with van der Waals surface area (Å²) in [4.78, 5) is 35.0. The summed E-state index contributed by atoms with van der Waals surface area (Å²) in [5.41, 5.74) is -0.613. The van der Waals surface area contributed by atoms with Gasteiger partial charge < -0.3 is 0 Å². The maximum Gasteiger partial charge on any atom is 0.331 e. The molecule has 0 atom stereocenters. The first-order valence-electron chi connectivity index (χ1n) is 6.88. The zero-order valence-corrected chi connectivity index (χ0v) is 12.6. The van der Waals surface area contributed by atoms with Crippen molar-refractivity contribution < 1.29 is 4.92 Å². The Labute approximate surface area is 131 Å². The number of benzene rings is 1. The highest BCUT2D eigenvalue weighted by Crippen LogP contribution is 2.21. The summed E-state index contributed by atoms with van der Waals surface area (Å²) < 4.78 is 2.18. The van der Waals surface area contributed by atoms with Crippen LogP contribution in [-0.2, 0) is 13.1 Å². The Morgan fingerprint density at radius 2 is 2.04 bits per heavy atom. The number of aromatic nitrogens is 2. The van der Waals surface area contributed by atoms with Crippen molar-refractivity contribution in [2.45, 2.75) is 26.9 Å². The quantitative estimate of drug-likeness (QED) is 0.621. The molecule has 0 unspecified atom stereocenters. The third-order valence-electron chi connectivity index (χ3n) is 3.64. The van der Waals surface area contributed by atoms with Gasteiger partial charge in [0.15, 0.2) is 0 Å². The zero-order valence-electron chi connectivity index (χ0n) is 12.6. The minimum absolute atomic E-state index is 0.0807. The van der Waals surface area contributed by atoms with Crippen LogP contribution in [0.3, 0.4) is 0 Å². The number of hydrogen-bond donors (Lipinski definition) is 0. The highest BCUT2D eigenvalue weighted by molar-refractivity contribution is 5.44. The van der Waals surface area contributed by atoms with E-state index in [1.807, 2.05) is 0 Å². The molecular weight excluding hydrogens is 300 g/mol. The third kappa shape index (κ3) is 2.89. The molecule has 118 valence electrons. The van der Waals surface area contributed by atoms with Gasteiger partial charge in [0.25, 0.3) is 11.2 Å². The van der Waals surface area contributed by atoms with Crippen molar-refractivity contribution in [1.82, 2.24) is 9.13 Å². The molecule has 0 fully saturated rings. The highest BCUT2D eigenvalue weighted by Gasteiger charge is 2.16. The maximum absolute atomic E-state index is 12.3. The van der Waals surface area contributed by atoms with Gasteiger partial charge in [0.2, 0.25) is 0 Å². The molecule has 2 aromatic rings. The van der Waals surface area contributed by atoms with E-state index in [1.165, 1.54) is 22.9 Å². The molecule has 1 aromatic heterocycles. The van der Waals surface area contributed by atoms with Crippen molar-refractivity contribution >= 4 is 5.69 Å². The standard InChI is InChI=1S/C15H14N4O4/c1-3-17-8-12(7-16)14(20)18(15(17)21)9-11-5-4-6-13(10(11)2)19(22)23/h4-6,8H,3,9H2,1-2H3. The first kappa shape index (κ1) is 16.2. The molecule has 0 N–H and O–H groups in total. The summed E-state index contributed by atoms with van der Waals surface area (Å²) in [5, 5.41) is 20.0. The van der Waals surface area contributed by atoms with E-state index in [9.17, 15) is 19.7 Å². The van der Waals surface area contributed by atoms with Crippen LogP contribution in [0.5, 0.6) is 0 Å². The number of nitriles is 1. The molecule has 0 aliphatic heterocycles. The highest BCUT2D eigenvalue weighted by atomic mass is 16.6. The monoisotopic (exact) mass is 314 g/mol. The normalized spacial score (nSPS) is 10.3. The Morgan fingerprint density at radius 1 is 1.35 bits per heavy atom. The lowest BCUT2D eigenvalue weighted by molar-refractivity contribution is -0.385. The van der Waals surface area contributed by atoms with Gasteiger partial charge in [-0.1, -0.05) is 12.1 Å². The lowest BCUT2D eigenvalue weighted by Crippen LogP contribution is -2.41. The van der Waals surface area contributed by atoms with Crippen molar-refractivity contribution in [3.05, 3.63) is 72.0 Å². The average Bonchev–Trinajstić information content (AvgIpc) is 2.53. The van der Waals surface area contributed by atoms with Gasteiger partial charge in [0.1, 0.15) is 11.6 Å². The van der Waals surface area contributed by atoms with Gasteiger partial charge in [0.05, 0.1) is 11.5 Å². The number of nitrogens with zero attached hydrogens (tertiary/aromatic N) is 4. The Kier molecular flexibility index (Phi) is 4.41. The predicted molar refractivity (Wildman–Crippen MR) is 82.3 cm³/mol. The molecule has 0 bridgehead atoms. The largest absolute Gasteiger partial charge is 0.331 e. The van der Waals surface area contributed by atoms with E-state index in [4.69, 9.17) is 5.26 Å². The van der Waals surface area contributed by atoms with Gasteiger partial charge in [-0.3, -0.25) is 24.0 Å². The van der Waals surface area contributed by atoms with Gasteiger partial charge in [-0.25, -0.2) is 4.79 Å². The number of nitro groups is 1. The van der Waals surface area contributed by atoms with E-state index >= 15 is 0 Å². The molecule has 1 aromatic carbocycles. The molecule has 0 aliphatic carbocycles. The lowest BCUT2D eigenvalue weighted by Gasteiger charge is -2.11. The topological polar surface area (TPSA) is 111 Å². The van der Waals surface area contributed by atoms with Crippen molar-refractivity contribution in [2.24, 2.45) is 0 Å². The van der Waals surface area contributed by atoms with Gasteiger partial charge in [-0.05, 0) is 19.4 Å². The molecule has 0 radical (unpaired) electrons. The Balaban J connectivity index is 2.65. The first-order chi connectivity index (χ1) is 10.9. The molecule has 23 heavy (non-hydrogen) atoms. The van der Waals surface area contributed by atoms with Crippen LogP contribution in [0.4, 0.5) is 5.69 Å². The van der Waals surface area contributed by atoms with Crippen LogP contribution in [0, 0.1) is 28.4 Å². The van der Waals surface area contributed by atoms with Gasteiger partial charge in [-0.15, -0.1) is 0 Å². The van der Waals surface area contributed by atoms with Crippen molar-refractivity contribution in [2.75, 3.05) is 0 Å². The molecule has 0 aliphatic rings. The fourth-order valence-electron chi connectivity index (χ4n) is 2.31. The van der Waals surface area contributed by atoms with Crippen molar-refractivity contribution in [3.8, 4) is 6.07 Å². The molecule has 8 heteroatoms. The zero-order chi connectivity index (χ0) is 17.1. The van der Waals surface area contributed by atoms with Crippen LogP contribution in [0.25, 0.3) is 0 Å². The SMILES string of the molecule is CCn1cc(C#N)c(=O)n(Cc2cccc([N+](=O)[O-])c2C)c1=O. The van der Waals surface area contributed by atoms with Crippen LogP contribution >= 0.6 is 0 Å². The number of nitro benzene ring substituents is 1. The summed E-state index contributed by atoms with van der Waals surface area (Å²) in [6.45, 7) is 3.46. The Hall–Kier alpha value is -3.21. The second-order valence-corrected chi connectivity index (χ2v) is 4.93. The number of rotatable bonds is 4. The lowest BCUT2D eigenvalue weighted by atomic mass is 10.1. The summed E-state index contributed by atoms with van der Waals surface area (Å²) in [6.07, 6.45) is 1.22. The molecule has 1 heterocycles. The van der Waals surface area contributed by atoms with Crippen molar-refractivity contribution in [3.63, 3.8) is 0 Å². The van der Waals surface area contributed by atoms with Gasteiger partial charge in [-0.2, -0.15) is 5.26 Å². The molecule has 0 spiro atoms. The Bertz CT molecular complexity index is 934. The molecule has 0 saturated carbocycles. The van der Waals surface area contributed by atoms with Crippen LogP contribution in [0.15, 0.2) is 34.0 Å². The van der Waals surface area contributed by atoms with E-state index in [0.29, 0.717) is 17.7 Å². The predicted octanol–water partition coefficient (Wildman–Crippen LogP) is 1.17. The summed E-state index contributed by atoms with van der Waals surface area (Å²) >= 11 is 0. The van der Waals surface area contributed by atoms with Gasteiger partial charge in [0, 0.05) is 24.4 Å². The first-order valence-corrected chi connectivity index (χ1v) is 6.88. The maximum atomic E-state index is 12.3. The Morgan fingerprint density at radius 3 is 2.61 bits per heavy atom. The van der Waals surface area contributed by atoms with Crippen molar-refractivity contribution in [1.29, 1.82) is 5.26 Å². The summed E-state index contributed by atoms with van der Waals surface area (Å²) in [7, 11) is 0. The minimum Gasteiger partial charge on any atom is -0.299 e. The second-order valence-electron chi connectivity index (χ2n) is 4.93. The molecule has 2 rings (SSSR count). The summed E-state index contributed by atoms with van der Waals surface area (Å²) in [6, 6.07) is 6.24. The van der Waals surface area contributed by atoms with Crippen LogP contribution in [0.1, 0.15) is 23.6 Å². The molecule has 0 saturated heterocycles. The molecular formula is C15H14N4O4. The van der Waals surface area contributed by atoms with E-state index in [-0.39, 0.29) is 17.8 Å².